The van der Waals surface area contributed by atoms with E-state index in [1.165, 1.54) is 0 Å². The summed E-state index contributed by atoms with van der Waals surface area (Å²) in [5.74, 6) is 0.751. The maximum absolute atomic E-state index is 14.4. The molecule has 300 valence electrons. The van der Waals surface area contributed by atoms with Gasteiger partial charge in [0.05, 0.1) is 17.3 Å². The molecule has 4 fully saturated rings. The molecule has 0 aromatic heterocycles. The van der Waals surface area contributed by atoms with Gasteiger partial charge in [0.1, 0.15) is 19.3 Å². The van der Waals surface area contributed by atoms with Gasteiger partial charge in [0.25, 0.3) is 0 Å². The Kier molecular flexibility index (Phi) is 10.7. The minimum atomic E-state index is -0.973. The molecule has 3 unspecified atom stereocenters. The Hall–Kier alpha value is -3.15. The van der Waals surface area contributed by atoms with Gasteiger partial charge in [0, 0.05) is 0 Å². The van der Waals surface area contributed by atoms with Gasteiger partial charge in [-0.05, 0) is 147 Å². The minimum absolute atomic E-state index is 0.0127. The van der Waals surface area contributed by atoms with E-state index in [1.54, 1.807) is 19.4 Å². The molecule has 55 heavy (non-hydrogen) atoms. The minimum Gasteiger partial charge on any atom is -0.462 e. The van der Waals surface area contributed by atoms with Gasteiger partial charge in [-0.15, -0.1) is 0 Å². The first-order valence-corrected chi connectivity index (χ1v) is 21.6. The monoisotopic (exact) mass is 753 g/mol. The molecule has 1 aromatic rings. The quantitative estimate of drug-likeness (QED) is 0.142. The van der Waals surface area contributed by atoms with Crippen LogP contribution in [0.25, 0.3) is 0 Å². The van der Waals surface area contributed by atoms with Crippen molar-refractivity contribution in [2.45, 2.75) is 152 Å². The van der Waals surface area contributed by atoms with Gasteiger partial charge in [0.15, 0.2) is 0 Å². The van der Waals surface area contributed by atoms with Crippen molar-refractivity contribution in [3.63, 3.8) is 0 Å². The zero-order valence-corrected chi connectivity index (χ0v) is 35.1. The van der Waals surface area contributed by atoms with E-state index in [4.69, 9.17) is 14.2 Å². The van der Waals surface area contributed by atoms with E-state index in [0.29, 0.717) is 18.4 Å². The summed E-state index contributed by atoms with van der Waals surface area (Å²) in [6, 6.07) is 9.62. The van der Waals surface area contributed by atoms with Crippen molar-refractivity contribution in [2.24, 2.45) is 56.2 Å². The van der Waals surface area contributed by atoms with Crippen molar-refractivity contribution in [2.75, 3.05) is 6.61 Å². The average Bonchev–Trinajstić information content (AvgIpc) is 3.15. The van der Waals surface area contributed by atoms with Gasteiger partial charge < -0.3 is 14.2 Å². The van der Waals surface area contributed by atoms with Crippen LogP contribution in [0.15, 0.2) is 65.8 Å². The Morgan fingerprint density at radius 1 is 0.836 bits per heavy atom. The lowest BCUT2D eigenvalue weighted by Gasteiger charge is -2.70. The molecule has 0 saturated heterocycles. The van der Waals surface area contributed by atoms with Crippen LogP contribution in [0.3, 0.4) is 0 Å². The molecule has 6 heteroatoms. The molecule has 6 aliphatic carbocycles. The number of carbonyl (C=O) groups excluding carboxylic acids is 3. The third-order valence-corrected chi connectivity index (χ3v) is 16.7. The number of hydrogen-bond acceptors (Lipinski definition) is 6. The summed E-state index contributed by atoms with van der Waals surface area (Å²) >= 11 is 0. The summed E-state index contributed by atoms with van der Waals surface area (Å²) < 4.78 is 18.1. The molecule has 9 atom stereocenters. The topological polar surface area (TPSA) is 78.9 Å². The first-order valence-electron chi connectivity index (χ1n) is 21.6. The van der Waals surface area contributed by atoms with E-state index in [-0.39, 0.29) is 70.5 Å². The Bertz CT molecular complexity index is 1730. The summed E-state index contributed by atoms with van der Waals surface area (Å²) in [5, 5.41) is 0. The molecule has 6 aliphatic rings. The fourth-order valence-corrected chi connectivity index (χ4v) is 13.0. The number of carbonyl (C=O) groups is 3. The van der Waals surface area contributed by atoms with E-state index in [1.807, 2.05) is 30.3 Å². The fraction of sp³-hybridized carbons (Fsp3) is 0.694. The Labute approximate surface area is 331 Å². The molecule has 0 N–H and O–H groups in total. The van der Waals surface area contributed by atoms with Gasteiger partial charge in [-0.2, -0.15) is 0 Å². The fourth-order valence-electron chi connectivity index (χ4n) is 13.0. The molecule has 0 bridgehead atoms. The van der Waals surface area contributed by atoms with E-state index in [9.17, 15) is 14.4 Å². The third-order valence-electron chi connectivity index (χ3n) is 16.7. The molecule has 0 amide bonds. The Morgan fingerprint density at radius 3 is 2.31 bits per heavy atom. The highest BCUT2D eigenvalue weighted by molar-refractivity contribution is 5.83. The zero-order chi connectivity index (χ0) is 39.4. The van der Waals surface area contributed by atoms with Crippen molar-refractivity contribution in [1.29, 1.82) is 0 Å². The van der Waals surface area contributed by atoms with Crippen LogP contribution >= 0.6 is 0 Å². The van der Waals surface area contributed by atoms with Crippen LogP contribution < -0.4 is 0 Å². The molecule has 0 spiro atoms. The Morgan fingerprint density at radius 2 is 1.58 bits per heavy atom. The van der Waals surface area contributed by atoms with Gasteiger partial charge in [-0.3, -0.25) is 14.4 Å². The number of benzene rings is 1. The summed E-state index contributed by atoms with van der Waals surface area (Å²) in [6.07, 6.45) is 21.2. The molecular formula is C49H68O6. The lowest BCUT2D eigenvalue weighted by atomic mass is 9.34. The van der Waals surface area contributed by atoms with Crippen LogP contribution in [0.1, 0.15) is 144 Å². The number of esters is 3. The van der Waals surface area contributed by atoms with Crippen molar-refractivity contribution in [1.82, 2.24) is 0 Å². The summed E-state index contributed by atoms with van der Waals surface area (Å²) in [6.45, 7) is 19.0. The molecule has 4 saturated carbocycles. The van der Waals surface area contributed by atoms with Crippen molar-refractivity contribution < 1.29 is 28.6 Å². The average molecular weight is 753 g/mol. The number of fused-ring (bicyclic) bond motifs is 7. The Balaban J connectivity index is 1.06. The predicted octanol–water partition coefficient (Wildman–Crippen LogP) is 11.3. The summed E-state index contributed by atoms with van der Waals surface area (Å²) in [7, 11) is 0. The summed E-state index contributed by atoms with van der Waals surface area (Å²) in [4.78, 5) is 40.9. The first kappa shape index (κ1) is 40.1. The second kappa shape index (κ2) is 14.7. The normalized spacial score (nSPS) is 37.8. The highest BCUT2D eigenvalue weighted by atomic mass is 16.6. The molecule has 7 rings (SSSR count). The molecule has 1 aromatic carbocycles. The number of allylic oxidation sites excluding steroid dienone is 4. The van der Waals surface area contributed by atoms with E-state index >= 15 is 0 Å². The predicted molar refractivity (Wildman–Crippen MR) is 216 cm³/mol. The van der Waals surface area contributed by atoms with E-state index < -0.39 is 10.8 Å². The van der Waals surface area contributed by atoms with Gasteiger partial charge >= 0.3 is 17.9 Å². The lowest BCUT2D eigenvalue weighted by molar-refractivity contribution is -0.198. The second-order valence-electron chi connectivity index (χ2n) is 20.8. The van der Waals surface area contributed by atoms with Crippen LogP contribution in [0.2, 0.25) is 0 Å². The largest absolute Gasteiger partial charge is 0.462 e. The smallest absolute Gasteiger partial charge is 0.313 e. The van der Waals surface area contributed by atoms with Gasteiger partial charge in [-0.1, -0.05) is 102 Å². The molecule has 0 aliphatic heterocycles. The second-order valence-corrected chi connectivity index (χ2v) is 20.8. The van der Waals surface area contributed by atoms with Crippen molar-refractivity contribution in [3.05, 3.63) is 71.3 Å². The first-order chi connectivity index (χ1) is 25.9. The maximum atomic E-state index is 14.4. The van der Waals surface area contributed by atoms with E-state index in [0.717, 1.165) is 88.2 Å². The summed E-state index contributed by atoms with van der Waals surface area (Å²) in [5.41, 5.74) is 2.64. The van der Waals surface area contributed by atoms with Crippen LogP contribution in [0.5, 0.6) is 0 Å². The van der Waals surface area contributed by atoms with Gasteiger partial charge in [-0.25, -0.2) is 0 Å². The maximum Gasteiger partial charge on any atom is 0.313 e. The highest BCUT2D eigenvalue weighted by Crippen LogP contribution is 2.75. The zero-order valence-electron chi connectivity index (χ0n) is 35.1. The highest BCUT2D eigenvalue weighted by Gasteiger charge is 2.68. The van der Waals surface area contributed by atoms with Gasteiger partial charge in [0.2, 0.25) is 0 Å². The van der Waals surface area contributed by atoms with Crippen LogP contribution in [-0.2, 0) is 35.2 Å². The molecule has 0 heterocycles. The number of ether oxygens (including phenoxy) is 3. The van der Waals surface area contributed by atoms with Crippen molar-refractivity contribution in [3.8, 4) is 0 Å². The number of hydrogen-bond donors (Lipinski definition) is 0. The van der Waals surface area contributed by atoms with Crippen LogP contribution in [0, 0.1) is 56.2 Å². The van der Waals surface area contributed by atoms with E-state index in [2.05, 4.69) is 65.8 Å². The molecule has 0 radical (unpaired) electrons. The standard InChI is InChI=1S/C49H68O6/c1-33-36-21-24-48(8)40(46(36,6)23-22-39(33)55-42(51)45(4,5)30-41(50)53-31-34-15-11-9-12-16-34)20-19-37-38-29-44(2,3)25-27-49(38,28-26-47(37,48)7)43(52)54-32-35-17-13-10-14-18-35/h9,11-13,15-19,33,36,38-40H,10,14,20-32H2,1-8H3/t33?,36?,38-,39-,40?,46-,47+,48+,49-/m0/s1. The number of rotatable bonds is 9. The molecular weight excluding hydrogens is 685 g/mol. The lowest BCUT2D eigenvalue weighted by Crippen LogP contribution is -2.64. The van der Waals surface area contributed by atoms with Crippen LogP contribution in [-0.4, -0.2) is 30.6 Å². The third kappa shape index (κ3) is 7.09. The SMILES string of the molecule is CC1C2CC[C@]3(C)C(CC=C4[C@@H]5CC(C)(C)CC[C@]5(C(=O)OCC5=CCCC=C5)CC[C@]43C)[C@@]2(C)CC[C@@H]1OC(=O)C(C)(C)CC(=O)OCc1ccccc1. The van der Waals surface area contributed by atoms with Crippen molar-refractivity contribution >= 4 is 17.9 Å². The molecule has 6 nitrogen and oxygen atoms in total. The van der Waals surface area contributed by atoms with Crippen LogP contribution in [0.4, 0.5) is 0 Å².